The Morgan fingerprint density at radius 3 is 2.54 bits per heavy atom. The van der Waals surface area contributed by atoms with Crippen LogP contribution in [0.3, 0.4) is 0 Å². The molecule has 1 rings (SSSR count). The minimum Gasteiger partial charge on any atom is -0.481 e. The van der Waals surface area contributed by atoms with Crippen LogP contribution in [-0.2, 0) is 11.8 Å². The molecule has 1 N–H and O–H groups in total. The standard InChI is InChI=1S/C8H13N3O2/c1-5(2)7(8(12)13)6-4-9-11(3)10-6/h4-5,7H,1-3H3,(H,12,13). The van der Waals surface area contributed by atoms with Gasteiger partial charge < -0.3 is 5.11 Å². The largest absolute Gasteiger partial charge is 0.481 e. The van der Waals surface area contributed by atoms with Crippen LogP contribution in [0.25, 0.3) is 0 Å². The van der Waals surface area contributed by atoms with Gasteiger partial charge >= 0.3 is 5.97 Å². The maximum Gasteiger partial charge on any atom is 0.312 e. The van der Waals surface area contributed by atoms with Crippen molar-refractivity contribution in [2.24, 2.45) is 13.0 Å². The lowest BCUT2D eigenvalue weighted by Gasteiger charge is -2.12. The molecule has 0 aliphatic carbocycles. The molecular weight excluding hydrogens is 170 g/mol. The Balaban J connectivity index is 2.95. The first-order chi connectivity index (χ1) is 6.02. The van der Waals surface area contributed by atoms with Crippen LogP contribution in [0.1, 0.15) is 25.5 Å². The van der Waals surface area contributed by atoms with Crippen LogP contribution in [0.15, 0.2) is 6.20 Å². The summed E-state index contributed by atoms with van der Waals surface area (Å²) in [7, 11) is 1.67. The van der Waals surface area contributed by atoms with Gasteiger partial charge in [-0.05, 0) is 5.92 Å². The first-order valence-electron chi connectivity index (χ1n) is 4.11. The highest BCUT2D eigenvalue weighted by molar-refractivity contribution is 5.75. The van der Waals surface area contributed by atoms with Crippen LogP contribution in [0.5, 0.6) is 0 Å². The molecule has 5 nitrogen and oxygen atoms in total. The van der Waals surface area contributed by atoms with E-state index in [0.29, 0.717) is 5.69 Å². The molecule has 72 valence electrons. The van der Waals surface area contributed by atoms with Gasteiger partial charge in [-0.2, -0.15) is 15.0 Å². The predicted molar refractivity (Wildman–Crippen MR) is 46.2 cm³/mol. The Morgan fingerprint density at radius 1 is 1.62 bits per heavy atom. The average Bonchev–Trinajstić information content (AvgIpc) is 2.34. The zero-order valence-corrected chi connectivity index (χ0v) is 7.93. The molecule has 1 heterocycles. The number of hydrogen-bond acceptors (Lipinski definition) is 3. The van der Waals surface area contributed by atoms with E-state index in [2.05, 4.69) is 10.2 Å². The summed E-state index contributed by atoms with van der Waals surface area (Å²) in [5, 5.41) is 16.8. The van der Waals surface area contributed by atoms with E-state index in [1.807, 2.05) is 13.8 Å². The third kappa shape index (κ3) is 2.05. The molecule has 0 aromatic carbocycles. The van der Waals surface area contributed by atoms with Crippen LogP contribution in [0, 0.1) is 5.92 Å². The summed E-state index contributed by atoms with van der Waals surface area (Å²) in [6.45, 7) is 3.71. The van der Waals surface area contributed by atoms with E-state index in [1.54, 1.807) is 7.05 Å². The molecule has 1 aromatic rings. The summed E-state index contributed by atoms with van der Waals surface area (Å²) in [6, 6.07) is 0. The van der Waals surface area contributed by atoms with Crippen LogP contribution < -0.4 is 0 Å². The van der Waals surface area contributed by atoms with Crippen molar-refractivity contribution in [1.29, 1.82) is 0 Å². The number of carbonyl (C=O) groups is 1. The molecule has 0 aliphatic rings. The lowest BCUT2D eigenvalue weighted by Crippen LogP contribution is -2.18. The van der Waals surface area contributed by atoms with Crippen LogP contribution in [0.2, 0.25) is 0 Å². The van der Waals surface area contributed by atoms with Crippen LogP contribution in [-0.4, -0.2) is 26.1 Å². The second-order valence-corrected chi connectivity index (χ2v) is 3.32. The number of aromatic nitrogens is 3. The summed E-state index contributed by atoms with van der Waals surface area (Å²) in [5.74, 6) is -1.39. The highest BCUT2D eigenvalue weighted by Gasteiger charge is 2.26. The molecule has 1 aromatic heterocycles. The van der Waals surface area contributed by atoms with Crippen molar-refractivity contribution in [3.05, 3.63) is 11.9 Å². The SMILES string of the molecule is CC(C)C(C(=O)O)c1cnn(C)n1. The van der Waals surface area contributed by atoms with Gasteiger partial charge in [0, 0.05) is 7.05 Å². The predicted octanol–water partition coefficient (Wildman–Crippen LogP) is 0.639. The quantitative estimate of drug-likeness (QED) is 0.746. The smallest absolute Gasteiger partial charge is 0.312 e. The van der Waals surface area contributed by atoms with Crippen molar-refractivity contribution in [2.75, 3.05) is 0 Å². The summed E-state index contributed by atoms with van der Waals surface area (Å²) < 4.78 is 0. The fraction of sp³-hybridized carbons (Fsp3) is 0.625. The molecular formula is C8H13N3O2. The number of aliphatic carboxylic acids is 1. The van der Waals surface area contributed by atoms with Crippen LogP contribution >= 0.6 is 0 Å². The summed E-state index contributed by atoms with van der Waals surface area (Å²) in [6.07, 6.45) is 1.50. The molecule has 5 heteroatoms. The van der Waals surface area contributed by atoms with Crippen molar-refractivity contribution in [3.63, 3.8) is 0 Å². The fourth-order valence-electron chi connectivity index (χ4n) is 1.26. The number of hydrogen-bond donors (Lipinski definition) is 1. The number of aryl methyl sites for hydroxylation is 1. The minimum absolute atomic E-state index is 0.0224. The van der Waals surface area contributed by atoms with Gasteiger partial charge in [0.25, 0.3) is 0 Å². The molecule has 0 saturated carbocycles. The fourth-order valence-corrected chi connectivity index (χ4v) is 1.26. The normalized spacial score (nSPS) is 13.2. The zero-order valence-electron chi connectivity index (χ0n) is 7.93. The first kappa shape index (κ1) is 9.70. The molecule has 0 bridgehead atoms. The van der Waals surface area contributed by atoms with Gasteiger partial charge in [0.2, 0.25) is 0 Å². The Kier molecular flexibility index (Phi) is 2.65. The monoisotopic (exact) mass is 183 g/mol. The topological polar surface area (TPSA) is 68.0 Å². The van der Waals surface area contributed by atoms with Gasteiger partial charge in [-0.15, -0.1) is 0 Å². The highest BCUT2D eigenvalue weighted by atomic mass is 16.4. The van der Waals surface area contributed by atoms with E-state index in [4.69, 9.17) is 5.11 Å². The van der Waals surface area contributed by atoms with Crippen molar-refractivity contribution in [1.82, 2.24) is 15.0 Å². The molecule has 0 aliphatic heterocycles. The van der Waals surface area contributed by atoms with E-state index in [-0.39, 0.29) is 5.92 Å². The Hall–Kier alpha value is -1.39. The third-order valence-electron chi connectivity index (χ3n) is 1.87. The second-order valence-electron chi connectivity index (χ2n) is 3.32. The van der Waals surface area contributed by atoms with Gasteiger partial charge in [-0.1, -0.05) is 13.8 Å². The lowest BCUT2D eigenvalue weighted by molar-refractivity contribution is -0.140. The summed E-state index contributed by atoms with van der Waals surface area (Å²) >= 11 is 0. The van der Waals surface area contributed by atoms with E-state index in [0.717, 1.165) is 0 Å². The highest BCUT2D eigenvalue weighted by Crippen LogP contribution is 2.21. The van der Waals surface area contributed by atoms with Crippen LogP contribution in [0.4, 0.5) is 0 Å². The molecule has 1 atom stereocenters. The molecule has 0 saturated heterocycles. The van der Waals surface area contributed by atoms with E-state index < -0.39 is 11.9 Å². The molecule has 0 radical (unpaired) electrons. The molecule has 1 unspecified atom stereocenters. The van der Waals surface area contributed by atoms with Crippen molar-refractivity contribution in [2.45, 2.75) is 19.8 Å². The van der Waals surface area contributed by atoms with E-state index in [1.165, 1.54) is 11.0 Å². The lowest BCUT2D eigenvalue weighted by atomic mass is 9.93. The van der Waals surface area contributed by atoms with Gasteiger partial charge in [0.1, 0.15) is 5.92 Å². The maximum absolute atomic E-state index is 10.9. The van der Waals surface area contributed by atoms with E-state index >= 15 is 0 Å². The summed E-state index contributed by atoms with van der Waals surface area (Å²) in [4.78, 5) is 12.2. The van der Waals surface area contributed by atoms with Gasteiger partial charge in [0.05, 0.1) is 11.9 Å². The van der Waals surface area contributed by atoms with Gasteiger partial charge in [-0.25, -0.2) is 0 Å². The average molecular weight is 183 g/mol. The molecule has 0 amide bonds. The zero-order chi connectivity index (χ0) is 10.0. The number of carboxylic acid groups (broad SMARTS) is 1. The van der Waals surface area contributed by atoms with Gasteiger partial charge in [0.15, 0.2) is 0 Å². The second kappa shape index (κ2) is 3.55. The summed E-state index contributed by atoms with van der Waals surface area (Å²) in [5.41, 5.74) is 0.519. The first-order valence-corrected chi connectivity index (χ1v) is 4.11. The Bertz CT molecular complexity index is 306. The number of carboxylic acids is 1. The van der Waals surface area contributed by atoms with Crippen molar-refractivity contribution in [3.8, 4) is 0 Å². The van der Waals surface area contributed by atoms with Gasteiger partial charge in [-0.3, -0.25) is 4.79 Å². The third-order valence-corrected chi connectivity index (χ3v) is 1.87. The molecule has 0 fully saturated rings. The van der Waals surface area contributed by atoms with Crippen molar-refractivity contribution >= 4 is 5.97 Å². The minimum atomic E-state index is -0.851. The number of rotatable bonds is 3. The molecule has 0 spiro atoms. The Morgan fingerprint density at radius 2 is 2.23 bits per heavy atom. The maximum atomic E-state index is 10.9. The van der Waals surface area contributed by atoms with E-state index in [9.17, 15) is 4.79 Å². The van der Waals surface area contributed by atoms with Crippen molar-refractivity contribution < 1.29 is 9.90 Å². The number of nitrogens with zero attached hydrogens (tertiary/aromatic N) is 3. The molecule has 13 heavy (non-hydrogen) atoms. The Labute approximate surface area is 76.4 Å².